The summed E-state index contributed by atoms with van der Waals surface area (Å²) in [7, 11) is 0. The molecule has 0 aromatic carbocycles. The zero-order valence-electron chi connectivity index (χ0n) is 4.46. The Morgan fingerprint density at radius 3 is 1.75 bits per heavy atom. The van der Waals surface area contributed by atoms with E-state index < -0.39 is 5.97 Å². The van der Waals surface area contributed by atoms with E-state index in [2.05, 4.69) is 29.9 Å². The molecule has 0 aromatic heterocycles. The van der Waals surface area contributed by atoms with E-state index in [1.807, 2.05) is 0 Å². The van der Waals surface area contributed by atoms with Gasteiger partial charge in [-0.3, -0.25) is 0 Å². The van der Waals surface area contributed by atoms with Crippen molar-refractivity contribution in [2.45, 2.75) is 6.92 Å². The molecular weight excluding hydrogens is 144 g/mol. The lowest BCUT2D eigenvalue weighted by Gasteiger charge is -1.79. The van der Waals surface area contributed by atoms with Gasteiger partial charge in [-0.25, -0.2) is 4.79 Å². The summed E-state index contributed by atoms with van der Waals surface area (Å²) in [5.74, 6) is -0.935. The van der Waals surface area contributed by atoms with Gasteiger partial charge in [0.25, 0.3) is 0 Å². The van der Waals surface area contributed by atoms with E-state index >= 15 is 0 Å². The van der Waals surface area contributed by atoms with Crippen molar-refractivity contribution in [3.63, 3.8) is 0 Å². The molecule has 0 radical (unpaired) electrons. The fourth-order valence-electron chi connectivity index (χ4n) is 0. The first kappa shape index (κ1) is 10.8. The van der Waals surface area contributed by atoms with Gasteiger partial charge in [0, 0.05) is 5.57 Å². The molecule has 0 spiro atoms. The normalized spacial score (nSPS) is 6.38. The van der Waals surface area contributed by atoms with Crippen molar-refractivity contribution in [2.24, 2.45) is 0 Å². The molecule has 0 atom stereocenters. The maximum absolute atomic E-state index is 9.60. The standard InChI is InChI=1S/C4H6O2.H2S2/c1-3(2)4(5)6;1-2/h1H2,2H3,(H,5,6);1-2H. The quantitative estimate of drug-likeness (QED) is 0.302. The fourth-order valence-corrected chi connectivity index (χ4v) is 0. The van der Waals surface area contributed by atoms with Gasteiger partial charge < -0.3 is 5.11 Å². The van der Waals surface area contributed by atoms with Crippen molar-refractivity contribution >= 4 is 29.3 Å². The van der Waals surface area contributed by atoms with Gasteiger partial charge >= 0.3 is 5.97 Å². The molecule has 0 heterocycles. The van der Waals surface area contributed by atoms with Crippen LogP contribution < -0.4 is 0 Å². The predicted molar refractivity (Wildman–Crippen MR) is 40.4 cm³/mol. The van der Waals surface area contributed by atoms with E-state index in [-0.39, 0.29) is 5.57 Å². The summed E-state index contributed by atoms with van der Waals surface area (Å²) in [6.45, 7) is 4.60. The smallest absolute Gasteiger partial charge is 0.330 e. The predicted octanol–water partition coefficient (Wildman–Crippen LogP) is 1.41. The topological polar surface area (TPSA) is 37.3 Å². The van der Waals surface area contributed by atoms with Crippen LogP contribution in [0.1, 0.15) is 6.92 Å². The number of carboxylic acids is 1. The van der Waals surface area contributed by atoms with Crippen molar-refractivity contribution in [2.75, 3.05) is 0 Å². The number of aliphatic carboxylic acids is 1. The molecule has 0 aliphatic rings. The zero-order valence-corrected chi connectivity index (χ0v) is 6.25. The molecule has 0 unspecified atom stereocenters. The van der Waals surface area contributed by atoms with Crippen LogP contribution in [0.15, 0.2) is 12.2 Å². The average molecular weight is 152 g/mol. The molecule has 0 bridgehead atoms. The van der Waals surface area contributed by atoms with Crippen molar-refractivity contribution < 1.29 is 9.90 Å². The van der Waals surface area contributed by atoms with E-state index in [4.69, 9.17) is 5.11 Å². The second-order valence-electron chi connectivity index (χ2n) is 1.09. The van der Waals surface area contributed by atoms with E-state index in [9.17, 15) is 4.79 Å². The van der Waals surface area contributed by atoms with Gasteiger partial charge in [0.2, 0.25) is 0 Å². The van der Waals surface area contributed by atoms with Crippen molar-refractivity contribution in [1.29, 1.82) is 0 Å². The minimum atomic E-state index is -0.935. The van der Waals surface area contributed by atoms with Crippen LogP contribution in [0, 0.1) is 0 Å². The Kier molecular flexibility index (Phi) is 9.34. The van der Waals surface area contributed by atoms with Crippen LogP contribution in [0.2, 0.25) is 0 Å². The van der Waals surface area contributed by atoms with Crippen molar-refractivity contribution in [1.82, 2.24) is 0 Å². The molecule has 0 saturated heterocycles. The maximum Gasteiger partial charge on any atom is 0.330 e. The number of hydrogen-bond acceptors (Lipinski definition) is 3. The molecule has 4 heteroatoms. The molecule has 0 aliphatic carbocycles. The number of rotatable bonds is 1. The Morgan fingerprint density at radius 1 is 1.62 bits per heavy atom. The van der Waals surface area contributed by atoms with Crippen molar-refractivity contribution in [3.05, 3.63) is 12.2 Å². The van der Waals surface area contributed by atoms with E-state index in [1.165, 1.54) is 6.92 Å². The second-order valence-corrected chi connectivity index (χ2v) is 1.09. The number of carbonyl (C=O) groups is 1. The molecule has 0 aliphatic heterocycles. The minimum Gasteiger partial charge on any atom is -0.478 e. The highest BCUT2D eigenvalue weighted by atomic mass is 33.1. The molecular formula is C4H8O2S2. The summed E-state index contributed by atoms with van der Waals surface area (Å²) in [5, 5.41) is 7.89. The van der Waals surface area contributed by atoms with Gasteiger partial charge in [0.15, 0.2) is 0 Å². The molecule has 1 N–H and O–H groups in total. The molecule has 0 rings (SSSR count). The highest BCUT2D eigenvalue weighted by Crippen LogP contribution is 1.81. The van der Waals surface area contributed by atoms with Crippen LogP contribution >= 0.6 is 23.3 Å². The first-order valence-electron chi connectivity index (χ1n) is 1.73. The van der Waals surface area contributed by atoms with Crippen LogP contribution in [0.25, 0.3) is 0 Å². The van der Waals surface area contributed by atoms with Gasteiger partial charge in [0.05, 0.1) is 0 Å². The number of hydrogen-bond donors (Lipinski definition) is 3. The Morgan fingerprint density at radius 2 is 1.75 bits per heavy atom. The van der Waals surface area contributed by atoms with Crippen LogP contribution in [-0.2, 0) is 4.79 Å². The lowest BCUT2D eigenvalue weighted by molar-refractivity contribution is -0.132. The van der Waals surface area contributed by atoms with Gasteiger partial charge in [-0.1, -0.05) is 6.58 Å². The number of thiol groups is 2. The Bertz CT molecular complexity index is 78.0. The molecule has 2 nitrogen and oxygen atoms in total. The lowest BCUT2D eigenvalue weighted by Crippen LogP contribution is -1.92. The first-order chi connectivity index (χ1) is 3.64. The molecule has 48 valence electrons. The third-order valence-corrected chi connectivity index (χ3v) is 0.365. The van der Waals surface area contributed by atoms with E-state index in [0.29, 0.717) is 0 Å². The molecule has 0 aromatic rings. The first-order valence-corrected chi connectivity index (χ1v) is 3.33. The maximum atomic E-state index is 9.60. The summed E-state index contributed by atoms with van der Waals surface area (Å²) >= 11 is 6.44. The zero-order chi connectivity index (χ0) is 7.15. The highest BCUT2D eigenvalue weighted by Gasteiger charge is 1.90. The monoisotopic (exact) mass is 152 g/mol. The largest absolute Gasteiger partial charge is 0.478 e. The summed E-state index contributed by atoms with van der Waals surface area (Å²) in [5.41, 5.74) is 0.176. The highest BCUT2D eigenvalue weighted by molar-refractivity contribution is 8.59. The third-order valence-electron chi connectivity index (χ3n) is 0.365. The van der Waals surface area contributed by atoms with Gasteiger partial charge in [0.1, 0.15) is 0 Å². The molecule has 0 fully saturated rings. The van der Waals surface area contributed by atoms with Gasteiger partial charge in [-0.2, -0.15) is 0 Å². The average Bonchev–Trinajstić information content (AvgIpc) is 1.72. The fraction of sp³-hybridized carbons (Fsp3) is 0.250. The van der Waals surface area contributed by atoms with E-state index in [0.717, 1.165) is 0 Å². The molecule has 8 heavy (non-hydrogen) atoms. The summed E-state index contributed by atoms with van der Waals surface area (Å²) < 4.78 is 0. The van der Waals surface area contributed by atoms with E-state index in [1.54, 1.807) is 0 Å². The summed E-state index contributed by atoms with van der Waals surface area (Å²) in [6, 6.07) is 0. The van der Waals surface area contributed by atoms with Crippen LogP contribution in [0.3, 0.4) is 0 Å². The van der Waals surface area contributed by atoms with Crippen molar-refractivity contribution in [3.8, 4) is 0 Å². The van der Waals surface area contributed by atoms with Crippen LogP contribution in [0.5, 0.6) is 0 Å². The number of carboxylic acid groups (broad SMARTS) is 1. The third kappa shape index (κ3) is 9.32. The van der Waals surface area contributed by atoms with Crippen LogP contribution in [-0.4, -0.2) is 11.1 Å². The van der Waals surface area contributed by atoms with Gasteiger partial charge in [-0.15, -0.1) is 23.3 Å². The Balaban J connectivity index is 0. The summed E-state index contributed by atoms with van der Waals surface area (Å²) in [6.07, 6.45) is 0. The lowest BCUT2D eigenvalue weighted by atomic mass is 10.4. The summed E-state index contributed by atoms with van der Waals surface area (Å²) in [4.78, 5) is 9.60. The van der Waals surface area contributed by atoms with Gasteiger partial charge in [-0.05, 0) is 6.92 Å². The minimum absolute atomic E-state index is 0.176. The van der Waals surface area contributed by atoms with Crippen LogP contribution in [0.4, 0.5) is 0 Å². The SMILES string of the molecule is C=C(C)C(=O)O.SS. The Labute approximate surface area is 58.8 Å². The molecule has 0 amide bonds. The molecule has 0 saturated carbocycles. The second kappa shape index (κ2) is 6.91. The Hall–Kier alpha value is -0.0900.